The van der Waals surface area contributed by atoms with E-state index in [2.05, 4.69) is 10.6 Å². The van der Waals surface area contributed by atoms with Crippen molar-refractivity contribution in [3.05, 3.63) is 0 Å². The zero-order valence-corrected chi connectivity index (χ0v) is 13.0. The highest BCUT2D eigenvalue weighted by Crippen LogP contribution is 2.41. The smallest absolute Gasteiger partial charge is 0.383 e. The Morgan fingerprint density at radius 3 is 2.64 bits per heavy atom. The number of carbonyl (C=O) groups is 1. The van der Waals surface area contributed by atoms with Crippen molar-refractivity contribution in [1.29, 1.82) is 0 Å². The number of nitrogens with one attached hydrogen (secondary N) is 2. The largest absolute Gasteiger partial charge is 0.392 e. The molecule has 1 amide bonds. The highest BCUT2D eigenvalue weighted by Gasteiger charge is 2.48. The van der Waals surface area contributed by atoms with Crippen LogP contribution in [0, 0.1) is 11.8 Å². The third-order valence-electron chi connectivity index (χ3n) is 4.88. The molecular formula is C15H25F3N2O2. The van der Waals surface area contributed by atoms with Gasteiger partial charge in [-0.15, -0.1) is 0 Å². The zero-order chi connectivity index (χ0) is 16.2. The van der Waals surface area contributed by atoms with Crippen LogP contribution in [-0.2, 0) is 9.53 Å². The number of hydrogen-bond donors (Lipinski definition) is 2. The topological polar surface area (TPSA) is 50.4 Å². The third-order valence-corrected chi connectivity index (χ3v) is 4.88. The number of halogens is 3. The number of amides is 1. The Morgan fingerprint density at radius 2 is 2.05 bits per heavy atom. The molecule has 1 saturated carbocycles. The number of hydrogen-bond acceptors (Lipinski definition) is 3. The highest BCUT2D eigenvalue weighted by atomic mass is 19.4. The lowest BCUT2D eigenvalue weighted by Crippen LogP contribution is -2.54. The van der Waals surface area contributed by atoms with E-state index in [9.17, 15) is 18.0 Å². The van der Waals surface area contributed by atoms with Crippen molar-refractivity contribution in [2.24, 2.45) is 11.8 Å². The van der Waals surface area contributed by atoms with Crippen LogP contribution in [0.25, 0.3) is 0 Å². The van der Waals surface area contributed by atoms with E-state index in [4.69, 9.17) is 4.74 Å². The van der Waals surface area contributed by atoms with Crippen molar-refractivity contribution in [3.63, 3.8) is 0 Å². The molecule has 0 bridgehead atoms. The van der Waals surface area contributed by atoms with E-state index in [1.807, 2.05) is 0 Å². The molecule has 1 aliphatic heterocycles. The van der Waals surface area contributed by atoms with Gasteiger partial charge in [0, 0.05) is 19.6 Å². The van der Waals surface area contributed by atoms with Crippen molar-refractivity contribution in [3.8, 4) is 0 Å². The Kier molecular flexibility index (Phi) is 5.71. The Morgan fingerprint density at radius 1 is 1.32 bits per heavy atom. The van der Waals surface area contributed by atoms with E-state index in [-0.39, 0.29) is 12.0 Å². The quantitative estimate of drug-likeness (QED) is 0.816. The van der Waals surface area contributed by atoms with Gasteiger partial charge in [-0.25, -0.2) is 0 Å². The van der Waals surface area contributed by atoms with Gasteiger partial charge in [-0.1, -0.05) is 12.8 Å². The first-order chi connectivity index (χ1) is 10.4. The Balaban J connectivity index is 1.95. The van der Waals surface area contributed by atoms with Gasteiger partial charge in [-0.2, -0.15) is 13.2 Å². The highest BCUT2D eigenvalue weighted by molar-refractivity contribution is 5.79. The third kappa shape index (κ3) is 4.13. The zero-order valence-electron chi connectivity index (χ0n) is 13.0. The van der Waals surface area contributed by atoms with Crippen LogP contribution in [0.15, 0.2) is 0 Å². The van der Waals surface area contributed by atoms with Crippen LogP contribution in [0.5, 0.6) is 0 Å². The summed E-state index contributed by atoms with van der Waals surface area (Å²) in [5.41, 5.74) is -0.340. The van der Waals surface area contributed by atoms with Crippen LogP contribution in [-0.4, -0.2) is 44.4 Å². The number of carbonyl (C=O) groups excluding carboxylic acids is 1. The lowest BCUT2D eigenvalue weighted by molar-refractivity contribution is -0.198. The molecule has 2 fully saturated rings. The van der Waals surface area contributed by atoms with Crippen LogP contribution in [0.1, 0.15) is 38.5 Å². The summed E-state index contributed by atoms with van der Waals surface area (Å²) in [6.45, 7) is 1.61. The summed E-state index contributed by atoms with van der Waals surface area (Å²) in [5, 5.41) is 6.05. The molecule has 1 heterocycles. The second-order valence-corrected chi connectivity index (χ2v) is 6.50. The van der Waals surface area contributed by atoms with Crippen molar-refractivity contribution in [1.82, 2.24) is 10.6 Å². The first-order valence-corrected chi connectivity index (χ1v) is 7.96. The first kappa shape index (κ1) is 17.5. The minimum Gasteiger partial charge on any atom is -0.383 e. The predicted octanol–water partition coefficient (Wildman–Crippen LogP) is 2.24. The van der Waals surface area contributed by atoms with E-state index in [0.717, 1.165) is 19.4 Å². The summed E-state index contributed by atoms with van der Waals surface area (Å²) < 4.78 is 44.4. The average Bonchev–Trinajstić information content (AvgIpc) is 2.93. The molecule has 128 valence electrons. The lowest BCUT2D eigenvalue weighted by Gasteiger charge is -2.34. The molecule has 1 aliphatic carbocycles. The van der Waals surface area contributed by atoms with E-state index < -0.39 is 23.9 Å². The van der Waals surface area contributed by atoms with Gasteiger partial charge in [0.1, 0.15) is 0 Å². The molecule has 2 N–H and O–H groups in total. The Hall–Kier alpha value is -0.820. The SMILES string of the molecule is COCC1(CNC(=O)C2CCCCC2C(F)(F)F)CCCN1. The molecule has 2 rings (SSSR count). The summed E-state index contributed by atoms with van der Waals surface area (Å²) in [7, 11) is 1.59. The van der Waals surface area contributed by atoms with E-state index in [1.54, 1.807) is 7.11 Å². The van der Waals surface area contributed by atoms with E-state index >= 15 is 0 Å². The van der Waals surface area contributed by atoms with Gasteiger partial charge < -0.3 is 15.4 Å². The van der Waals surface area contributed by atoms with Gasteiger partial charge in [-0.05, 0) is 32.2 Å². The first-order valence-electron chi connectivity index (χ1n) is 7.96. The maximum atomic E-state index is 13.1. The lowest BCUT2D eigenvalue weighted by atomic mass is 9.78. The minimum absolute atomic E-state index is 0.0586. The van der Waals surface area contributed by atoms with Crippen LogP contribution < -0.4 is 10.6 Å². The molecule has 0 aromatic heterocycles. The summed E-state index contributed by atoms with van der Waals surface area (Å²) >= 11 is 0. The summed E-state index contributed by atoms with van der Waals surface area (Å²) in [5.74, 6) is -2.92. The molecule has 2 aliphatic rings. The second-order valence-electron chi connectivity index (χ2n) is 6.50. The van der Waals surface area contributed by atoms with Gasteiger partial charge >= 0.3 is 6.18 Å². The van der Waals surface area contributed by atoms with Crippen LogP contribution in [0.3, 0.4) is 0 Å². The van der Waals surface area contributed by atoms with E-state index in [1.165, 1.54) is 0 Å². The Bertz CT molecular complexity index is 381. The maximum Gasteiger partial charge on any atom is 0.392 e. The van der Waals surface area contributed by atoms with Gasteiger partial charge in [0.15, 0.2) is 0 Å². The molecule has 0 spiro atoms. The molecule has 22 heavy (non-hydrogen) atoms. The van der Waals surface area contributed by atoms with Gasteiger partial charge in [-0.3, -0.25) is 4.79 Å². The molecular weight excluding hydrogens is 297 g/mol. The van der Waals surface area contributed by atoms with Crippen molar-refractivity contribution >= 4 is 5.91 Å². The maximum absolute atomic E-state index is 13.1. The predicted molar refractivity (Wildman–Crippen MR) is 76.4 cm³/mol. The van der Waals surface area contributed by atoms with Gasteiger partial charge in [0.2, 0.25) is 5.91 Å². The molecule has 0 aromatic rings. The molecule has 3 atom stereocenters. The summed E-state index contributed by atoms with van der Waals surface area (Å²) in [6.07, 6.45) is -0.848. The number of rotatable bonds is 5. The fourth-order valence-electron chi connectivity index (χ4n) is 3.69. The number of methoxy groups -OCH3 is 1. The van der Waals surface area contributed by atoms with Crippen LogP contribution in [0.2, 0.25) is 0 Å². The molecule has 0 aromatic carbocycles. The summed E-state index contributed by atoms with van der Waals surface area (Å²) in [6, 6.07) is 0. The van der Waals surface area contributed by atoms with Crippen molar-refractivity contribution in [2.45, 2.75) is 50.2 Å². The molecule has 1 saturated heterocycles. The number of ether oxygens (including phenoxy) is 1. The minimum atomic E-state index is -4.29. The second kappa shape index (κ2) is 7.17. The average molecular weight is 322 g/mol. The Labute approximate surface area is 129 Å². The fourth-order valence-corrected chi connectivity index (χ4v) is 3.69. The molecule has 4 nitrogen and oxygen atoms in total. The van der Waals surface area contributed by atoms with Gasteiger partial charge in [0.05, 0.1) is 18.1 Å². The standard InChI is InChI=1S/C15H25F3N2O2/c1-22-10-14(7-4-8-20-14)9-19-13(21)11-5-2-3-6-12(11)15(16,17)18/h11-12,20H,2-10H2,1H3,(H,19,21). The molecule has 0 radical (unpaired) electrons. The van der Waals surface area contributed by atoms with E-state index in [0.29, 0.717) is 32.4 Å². The molecule has 7 heteroatoms. The fraction of sp³-hybridized carbons (Fsp3) is 0.933. The van der Waals surface area contributed by atoms with Crippen LogP contribution >= 0.6 is 0 Å². The van der Waals surface area contributed by atoms with Crippen molar-refractivity contribution in [2.75, 3.05) is 26.8 Å². The number of alkyl halides is 3. The monoisotopic (exact) mass is 322 g/mol. The normalized spacial score (nSPS) is 32.9. The molecule has 3 unspecified atom stereocenters. The van der Waals surface area contributed by atoms with Crippen LogP contribution in [0.4, 0.5) is 13.2 Å². The van der Waals surface area contributed by atoms with Crippen molar-refractivity contribution < 1.29 is 22.7 Å². The van der Waals surface area contributed by atoms with Gasteiger partial charge in [0.25, 0.3) is 0 Å². The summed E-state index contributed by atoms with van der Waals surface area (Å²) in [4.78, 5) is 12.3.